The van der Waals surface area contributed by atoms with Gasteiger partial charge in [-0.2, -0.15) is 8.78 Å². The molecule has 2 aromatic rings. The number of hydrogen-bond acceptors (Lipinski definition) is 5. The highest BCUT2D eigenvalue weighted by atomic mass is 19.3. The van der Waals surface area contributed by atoms with E-state index in [0.717, 1.165) is 36.8 Å². The standard InChI is InChI=1S/C28H33F2N3O5/c1-17-12-13-21(23(31-17)38-26(29)30)32-24(35)28(15-33(16-28)22(34)14-27(2,3)25(36)37)20-11-7-6-10-19(20)18-8-4-5-9-18/h6-7,10-13,18,26H,4-5,8-9,14-16H2,1-3H3,(H,32,35)(H,36,37). The van der Waals surface area contributed by atoms with E-state index in [-0.39, 0.29) is 42.9 Å². The van der Waals surface area contributed by atoms with E-state index >= 15 is 0 Å². The molecule has 1 aromatic carbocycles. The summed E-state index contributed by atoms with van der Waals surface area (Å²) in [6, 6.07) is 10.7. The molecule has 0 radical (unpaired) electrons. The van der Waals surface area contributed by atoms with Crippen molar-refractivity contribution in [1.82, 2.24) is 9.88 Å². The van der Waals surface area contributed by atoms with Crippen molar-refractivity contribution in [2.24, 2.45) is 5.41 Å². The van der Waals surface area contributed by atoms with Gasteiger partial charge < -0.3 is 20.1 Å². The fraction of sp³-hybridized carbons (Fsp3) is 0.500. The summed E-state index contributed by atoms with van der Waals surface area (Å²) in [6.45, 7) is 1.56. The SMILES string of the molecule is Cc1ccc(NC(=O)C2(c3ccccc3C3CCCC3)CN(C(=O)CC(C)(C)C(=O)O)C2)c(OC(F)F)n1. The smallest absolute Gasteiger partial charge is 0.388 e. The maximum atomic E-state index is 14.0. The minimum absolute atomic E-state index is 0.00964. The van der Waals surface area contributed by atoms with Crippen LogP contribution >= 0.6 is 0 Å². The number of nitrogens with zero attached hydrogens (tertiary/aromatic N) is 2. The average Bonchev–Trinajstić information content (AvgIpc) is 3.34. The van der Waals surface area contributed by atoms with E-state index in [4.69, 9.17) is 0 Å². The second-order valence-corrected chi connectivity index (χ2v) is 10.9. The molecule has 1 aromatic heterocycles. The predicted molar refractivity (Wildman–Crippen MR) is 136 cm³/mol. The number of benzene rings is 1. The number of likely N-dealkylation sites (tertiary alicyclic amines) is 1. The van der Waals surface area contributed by atoms with E-state index in [0.29, 0.717) is 5.69 Å². The first kappa shape index (κ1) is 27.5. The second-order valence-electron chi connectivity index (χ2n) is 10.9. The van der Waals surface area contributed by atoms with Crippen molar-refractivity contribution in [1.29, 1.82) is 0 Å². The lowest BCUT2D eigenvalue weighted by Crippen LogP contribution is -2.67. The zero-order chi connectivity index (χ0) is 27.7. The maximum Gasteiger partial charge on any atom is 0.388 e. The Balaban J connectivity index is 1.68. The third-order valence-electron chi connectivity index (χ3n) is 7.60. The van der Waals surface area contributed by atoms with Crippen molar-refractivity contribution in [3.05, 3.63) is 53.2 Å². The van der Waals surface area contributed by atoms with Crippen molar-refractivity contribution in [3.63, 3.8) is 0 Å². The Bertz CT molecular complexity index is 1220. The first-order chi connectivity index (χ1) is 17.9. The van der Waals surface area contributed by atoms with Crippen LogP contribution in [0.1, 0.15) is 68.7 Å². The van der Waals surface area contributed by atoms with Gasteiger partial charge in [-0.25, -0.2) is 4.98 Å². The number of amides is 2. The molecule has 10 heteroatoms. The van der Waals surface area contributed by atoms with Gasteiger partial charge in [0.1, 0.15) is 11.1 Å². The van der Waals surface area contributed by atoms with Crippen molar-refractivity contribution < 1.29 is 33.0 Å². The number of rotatable bonds is 9. The number of halogens is 2. The van der Waals surface area contributed by atoms with E-state index in [1.54, 1.807) is 13.0 Å². The highest BCUT2D eigenvalue weighted by Gasteiger charge is 2.54. The maximum absolute atomic E-state index is 14.0. The van der Waals surface area contributed by atoms with Crippen LogP contribution in [0.25, 0.3) is 0 Å². The van der Waals surface area contributed by atoms with E-state index in [1.165, 1.54) is 24.8 Å². The van der Waals surface area contributed by atoms with Crippen LogP contribution in [0, 0.1) is 12.3 Å². The minimum Gasteiger partial charge on any atom is -0.481 e. The Morgan fingerprint density at radius 2 is 1.82 bits per heavy atom. The molecule has 2 N–H and O–H groups in total. The van der Waals surface area contributed by atoms with Gasteiger partial charge in [-0.3, -0.25) is 14.4 Å². The average molecular weight is 530 g/mol. The van der Waals surface area contributed by atoms with Crippen LogP contribution in [0.15, 0.2) is 36.4 Å². The highest BCUT2D eigenvalue weighted by Crippen LogP contribution is 2.44. The topological polar surface area (TPSA) is 109 Å². The number of hydrogen-bond donors (Lipinski definition) is 2. The molecule has 1 aliphatic heterocycles. The molecule has 4 rings (SSSR count). The molecule has 38 heavy (non-hydrogen) atoms. The second kappa shape index (κ2) is 10.7. The summed E-state index contributed by atoms with van der Waals surface area (Å²) < 4.78 is 30.6. The van der Waals surface area contributed by atoms with Crippen LogP contribution in [-0.2, 0) is 19.8 Å². The molecule has 8 nitrogen and oxygen atoms in total. The van der Waals surface area contributed by atoms with Gasteiger partial charge in [0.15, 0.2) is 0 Å². The molecule has 2 aliphatic rings. The summed E-state index contributed by atoms with van der Waals surface area (Å²) in [7, 11) is 0. The van der Waals surface area contributed by atoms with Gasteiger partial charge in [0.25, 0.3) is 0 Å². The lowest BCUT2D eigenvalue weighted by molar-refractivity contribution is -0.155. The summed E-state index contributed by atoms with van der Waals surface area (Å²) >= 11 is 0. The van der Waals surface area contributed by atoms with E-state index in [9.17, 15) is 28.3 Å². The number of pyridine rings is 1. The molecular formula is C28H33F2N3O5. The summed E-state index contributed by atoms with van der Waals surface area (Å²) in [5.74, 6) is -2.01. The number of aryl methyl sites for hydroxylation is 1. The van der Waals surface area contributed by atoms with Crippen LogP contribution in [-0.4, -0.2) is 52.5 Å². The molecule has 2 heterocycles. The highest BCUT2D eigenvalue weighted by molar-refractivity contribution is 6.03. The number of carbonyl (C=O) groups is 3. The molecule has 204 valence electrons. The lowest BCUT2D eigenvalue weighted by Gasteiger charge is -2.50. The molecular weight excluding hydrogens is 496 g/mol. The van der Waals surface area contributed by atoms with Crippen LogP contribution < -0.4 is 10.1 Å². The van der Waals surface area contributed by atoms with Crippen molar-refractivity contribution in [2.45, 2.75) is 70.8 Å². The summed E-state index contributed by atoms with van der Waals surface area (Å²) in [5.41, 5.74) is -0.104. The largest absolute Gasteiger partial charge is 0.481 e. The number of carboxylic acids is 1. The number of ether oxygens (including phenoxy) is 1. The Hall–Kier alpha value is -3.56. The normalized spacial score (nSPS) is 17.3. The molecule has 0 bridgehead atoms. The fourth-order valence-corrected chi connectivity index (χ4v) is 5.35. The number of carboxylic acid groups (broad SMARTS) is 1. The Morgan fingerprint density at radius 3 is 2.45 bits per heavy atom. The summed E-state index contributed by atoms with van der Waals surface area (Å²) in [5, 5.41) is 12.2. The fourth-order valence-electron chi connectivity index (χ4n) is 5.35. The molecule has 1 saturated heterocycles. The Morgan fingerprint density at radius 1 is 1.16 bits per heavy atom. The molecule has 1 saturated carbocycles. The number of alkyl halides is 2. The van der Waals surface area contributed by atoms with Crippen LogP contribution in [0.3, 0.4) is 0 Å². The first-order valence-corrected chi connectivity index (χ1v) is 12.8. The zero-order valence-corrected chi connectivity index (χ0v) is 21.8. The molecule has 0 spiro atoms. The van der Waals surface area contributed by atoms with Crippen molar-refractivity contribution in [2.75, 3.05) is 18.4 Å². The van der Waals surface area contributed by atoms with Gasteiger partial charge in [-0.15, -0.1) is 0 Å². The summed E-state index contributed by atoms with van der Waals surface area (Å²) in [6.07, 6.45) is 3.97. The minimum atomic E-state index is -3.12. The number of anilines is 1. The number of nitrogens with one attached hydrogen (secondary N) is 1. The molecule has 2 amide bonds. The van der Waals surface area contributed by atoms with Gasteiger partial charge in [0, 0.05) is 25.2 Å². The third kappa shape index (κ3) is 5.49. The van der Waals surface area contributed by atoms with Gasteiger partial charge in [0.2, 0.25) is 17.7 Å². The molecule has 0 unspecified atom stereocenters. The Kier molecular flexibility index (Phi) is 7.71. The van der Waals surface area contributed by atoms with Gasteiger partial charge >= 0.3 is 12.6 Å². The van der Waals surface area contributed by atoms with Crippen LogP contribution in [0.4, 0.5) is 14.5 Å². The van der Waals surface area contributed by atoms with E-state index < -0.39 is 29.3 Å². The monoisotopic (exact) mass is 529 g/mol. The van der Waals surface area contributed by atoms with Crippen LogP contribution in [0.2, 0.25) is 0 Å². The zero-order valence-electron chi connectivity index (χ0n) is 21.8. The number of aliphatic carboxylic acids is 1. The quantitative estimate of drug-likeness (QED) is 0.480. The predicted octanol–water partition coefficient (Wildman–Crippen LogP) is 4.87. The van der Waals surface area contributed by atoms with Gasteiger partial charge in [-0.1, -0.05) is 37.1 Å². The van der Waals surface area contributed by atoms with Gasteiger partial charge in [0.05, 0.1) is 5.41 Å². The van der Waals surface area contributed by atoms with E-state index in [2.05, 4.69) is 15.0 Å². The molecule has 0 atom stereocenters. The third-order valence-corrected chi connectivity index (χ3v) is 7.60. The van der Waals surface area contributed by atoms with E-state index in [1.807, 2.05) is 24.3 Å². The Labute approximate surface area is 220 Å². The number of aromatic nitrogens is 1. The van der Waals surface area contributed by atoms with Gasteiger partial charge in [-0.05, 0) is 62.8 Å². The first-order valence-electron chi connectivity index (χ1n) is 12.8. The molecule has 2 fully saturated rings. The van der Waals surface area contributed by atoms with Crippen LogP contribution in [0.5, 0.6) is 5.88 Å². The summed E-state index contributed by atoms with van der Waals surface area (Å²) in [4.78, 5) is 44.0. The van der Waals surface area contributed by atoms with Crippen molar-refractivity contribution >= 4 is 23.5 Å². The lowest BCUT2D eigenvalue weighted by atomic mass is 9.69. The molecule has 1 aliphatic carbocycles. The number of carbonyl (C=O) groups excluding carboxylic acids is 2. The van der Waals surface area contributed by atoms with Crippen molar-refractivity contribution in [3.8, 4) is 5.88 Å².